The molecule has 6 nitrogen and oxygen atoms in total. The van der Waals surface area contributed by atoms with Gasteiger partial charge in [0.1, 0.15) is 12.3 Å². The highest BCUT2D eigenvalue weighted by atomic mass is 16.3. The zero-order valence-corrected chi connectivity index (χ0v) is 10.3. The van der Waals surface area contributed by atoms with Crippen LogP contribution < -0.4 is 11.1 Å². The van der Waals surface area contributed by atoms with Crippen LogP contribution in [0.3, 0.4) is 0 Å². The molecule has 0 saturated carbocycles. The Morgan fingerprint density at radius 3 is 2.72 bits per heavy atom. The summed E-state index contributed by atoms with van der Waals surface area (Å²) in [5, 5.41) is 2.85. The van der Waals surface area contributed by atoms with Crippen molar-refractivity contribution >= 4 is 11.9 Å². The standard InChI is InChI=1S/C12H15N5O/c1-8-6-9(2)16-12(15-8)17-11(13)14-7-10-4-3-5-18-10/h3-6H,7H2,1-2H3,(H3,13,14,15,16,17). The molecule has 94 valence electrons. The normalized spacial score (nSPS) is 11.6. The van der Waals surface area contributed by atoms with E-state index < -0.39 is 0 Å². The summed E-state index contributed by atoms with van der Waals surface area (Å²) < 4.78 is 5.15. The molecule has 2 rings (SSSR count). The van der Waals surface area contributed by atoms with Gasteiger partial charge in [0.25, 0.3) is 0 Å². The molecule has 0 spiro atoms. The summed E-state index contributed by atoms with van der Waals surface area (Å²) in [5.74, 6) is 1.46. The van der Waals surface area contributed by atoms with Crippen molar-refractivity contribution in [2.75, 3.05) is 5.32 Å². The minimum absolute atomic E-state index is 0.261. The van der Waals surface area contributed by atoms with Gasteiger partial charge in [0, 0.05) is 11.4 Å². The summed E-state index contributed by atoms with van der Waals surface area (Å²) >= 11 is 0. The molecule has 0 atom stereocenters. The van der Waals surface area contributed by atoms with Gasteiger partial charge in [0.05, 0.1) is 6.26 Å². The van der Waals surface area contributed by atoms with Crippen molar-refractivity contribution in [3.8, 4) is 0 Å². The van der Waals surface area contributed by atoms with E-state index in [1.165, 1.54) is 0 Å². The molecule has 0 saturated heterocycles. The lowest BCUT2D eigenvalue weighted by Gasteiger charge is -2.05. The van der Waals surface area contributed by atoms with Crippen LogP contribution in [-0.4, -0.2) is 15.9 Å². The Balaban J connectivity index is 2.02. The molecular weight excluding hydrogens is 230 g/mol. The van der Waals surface area contributed by atoms with Crippen molar-refractivity contribution in [3.05, 3.63) is 41.6 Å². The van der Waals surface area contributed by atoms with Crippen LogP contribution in [0.4, 0.5) is 5.95 Å². The van der Waals surface area contributed by atoms with Gasteiger partial charge in [-0.25, -0.2) is 15.0 Å². The van der Waals surface area contributed by atoms with Crippen LogP contribution in [0, 0.1) is 13.8 Å². The third kappa shape index (κ3) is 3.31. The van der Waals surface area contributed by atoms with Crippen molar-refractivity contribution in [2.24, 2.45) is 10.7 Å². The van der Waals surface area contributed by atoms with E-state index in [-0.39, 0.29) is 5.96 Å². The van der Waals surface area contributed by atoms with E-state index in [0.29, 0.717) is 12.5 Å². The van der Waals surface area contributed by atoms with Crippen LogP contribution in [0.1, 0.15) is 17.1 Å². The minimum atomic E-state index is 0.261. The topological polar surface area (TPSA) is 89.3 Å². The average molecular weight is 245 g/mol. The van der Waals surface area contributed by atoms with Gasteiger partial charge < -0.3 is 10.2 Å². The first kappa shape index (κ1) is 12.1. The third-order valence-corrected chi connectivity index (χ3v) is 2.21. The number of furan rings is 1. The van der Waals surface area contributed by atoms with Crippen LogP contribution in [0.2, 0.25) is 0 Å². The number of nitrogens with one attached hydrogen (secondary N) is 1. The molecule has 0 aromatic carbocycles. The molecule has 0 aliphatic rings. The second-order valence-corrected chi connectivity index (χ2v) is 3.88. The van der Waals surface area contributed by atoms with Crippen molar-refractivity contribution in [1.82, 2.24) is 9.97 Å². The average Bonchev–Trinajstić information content (AvgIpc) is 2.77. The third-order valence-electron chi connectivity index (χ3n) is 2.21. The van der Waals surface area contributed by atoms with E-state index in [0.717, 1.165) is 17.1 Å². The van der Waals surface area contributed by atoms with Gasteiger partial charge in [-0.1, -0.05) is 0 Å². The van der Waals surface area contributed by atoms with Crippen molar-refractivity contribution in [3.63, 3.8) is 0 Å². The first-order valence-corrected chi connectivity index (χ1v) is 5.55. The minimum Gasteiger partial charge on any atom is -0.467 e. The summed E-state index contributed by atoms with van der Waals surface area (Å²) in [6.07, 6.45) is 1.60. The highest BCUT2D eigenvalue weighted by molar-refractivity contribution is 5.90. The van der Waals surface area contributed by atoms with Gasteiger partial charge in [-0.05, 0) is 32.0 Å². The molecule has 3 N–H and O–H groups in total. The van der Waals surface area contributed by atoms with Crippen molar-refractivity contribution in [1.29, 1.82) is 0 Å². The van der Waals surface area contributed by atoms with Crippen LogP contribution in [0.25, 0.3) is 0 Å². The zero-order chi connectivity index (χ0) is 13.0. The summed E-state index contributed by atoms with van der Waals surface area (Å²) in [6.45, 7) is 4.18. The SMILES string of the molecule is Cc1cc(C)nc(NC(N)=NCc2ccco2)n1. The Kier molecular flexibility index (Phi) is 3.57. The Bertz CT molecular complexity index is 527. The highest BCUT2D eigenvalue weighted by Gasteiger charge is 2.01. The molecular formula is C12H15N5O. The molecule has 6 heteroatoms. The van der Waals surface area contributed by atoms with Gasteiger partial charge in [0.15, 0.2) is 5.96 Å². The largest absolute Gasteiger partial charge is 0.467 e. The smallest absolute Gasteiger partial charge is 0.229 e. The summed E-state index contributed by atoms with van der Waals surface area (Å²) in [5.41, 5.74) is 7.50. The quantitative estimate of drug-likeness (QED) is 0.633. The molecule has 0 aliphatic heterocycles. The first-order chi connectivity index (χ1) is 8.63. The second kappa shape index (κ2) is 5.31. The summed E-state index contributed by atoms with van der Waals surface area (Å²) in [7, 11) is 0. The van der Waals surface area contributed by atoms with Crippen LogP contribution in [0.15, 0.2) is 33.9 Å². The maximum absolute atomic E-state index is 5.74. The number of aromatic nitrogens is 2. The summed E-state index contributed by atoms with van der Waals surface area (Å²) in [4.78, 5) is 12.6. The van der Waals surface area contributed by atoms with Gasteiger partial charge in [0.2, 0.25) is 5.95 Å². The number of hydrogen-bond donors (Lipinski definition) is 2. The Morgan fingerprint density at radius 1 is 1.39 bits per heavy atom. The molecule has 0 radical (unpaired) electrons. The highest BCUT2D eigenvalue weighted by Crippen LogP contribution is 2.04. The number of rotatable bonds is 3. The number of aryl methyl sites for hydroxylation is 2. The van der Waals surface area contributed by atoms with Gasteiger partial charge >= 0.3 is 0 Å². The first-order valence-electron chi connectivity index (χ1n) is 5.55. The van der Waals surface area contributed by atoms with E-state index in [9.17, 15) is 0 Å². The van der Waals surface area contributed by atoms with Crippen molar-refractivity contribution in [2.45, 2.75) is 20.4 Å². The molecule has 0 amide bonds. The number of anilines is 1. The maximum Gasteiger partial charge on any atom is 0.229 e. The number of nitrogens with zero attached hydrogens (tertiary/aromatic N) is 3. The number of guanidine groups is 1. The van der Waals surface area contributed by atoms with E-state index in [1.54, 1.807) is 6.26 Å². The number of aliphatic imine (C=N–C) groups is 1. The van der Waals surface area contributed by atoms with Gasteiger partial charge in [-0.15, -0.1) is 0 Å². The van der Waals surface area contributed by atoms with Gasteiger partial charge in [-0.3, -0.25) is 5.32 Å². The Morgan fingerprint density at radius 2 is 2.11 bits per heavy atom. The molecule has 0 bridgehead atoms. The predicted molar refractivity (Wildman–Crippen MR) is 69.2 cm³/mol. The molecule has 0 aliphatic carbocycles. The molecule has 0 unspecified atom stereocenters. The maximum atomic E-state index is 5.74. The van der Waals surface area contributed by atoms with Crippen LogP contribution >= 0.6 is 0 Å². The van der Waals surface area contributed by atoms with Gasteiger partial charge in [-0.2, -0.15) is 0 Å². The fourth-order valence-electron chi connectivity index (χ4n) is 1.50. The van der Waals surface area contributed by atoms with E-state index in [2.05, 4.69) is 20.3 Å². The molecule has 0 fully saturated rings. The zero-order valence-electron chi connectivity index (χ0n) is 10.3. The molecule has 2 aromatic rings. The van der Waals surface area contributed by atoms with E-state index in [4.69, 9.17) is 10.2 Å². The lowest BCUT2D eigenvalue weighted by atomic mass is 10.4. The van der Waals surface area contributed by atoms with Crippen molar-refractivity contribution < 1.29 is 4.42 Å². The monoisotopic (exact) mass is 245 g/mol. The second-order valence-electron chi connectivity index (χ2n) is 3.88. The lowest BCUT2D eigenvalue weighted by Crippen LogP contribution is -2.24. The van der Waals surface area contributed by atoms with Crippen LogP contribution in [0.5, 0.6) is 0 Å². The lowest BCUT2D eigenvalue weighted by molar-refractivity contribution is 0.512. The predicted octanol–water partition coefficient (Wildman–Crippen LogP) is 1.61. The number of nitrogens with two attached hydrogens (primary N) is 1. The molecule has 2 heterocycles. The van der Waals surface area contributed by atoms with Crippen LogP contribution in [-0.2, 0) is 6.54 Å². The molecule has 2 aromatic heterocycles. The Hall–Kier alpha value is -2.37. The molecule has 18 heavy (non-hydrogen) atoms. The summed E-state index contributed by atoms with van der Waals surface area (Å²) in [6, 6.07) is 5.53. The van der Waals surface area contributed by atoms with E-state index in [1.807, 2.05) is 32.0 Å². The fraction of sp³-hybridized carbons (Fsp3) is 0.250. The Labute approximate surface area is 105 Å². The van der Waals surface area contributed by atoms with E-state index >= 15 is 0 Å². The fourth-order valence-corrected chi connectivity index (χ4v) is 1.50. The number of hydrogen-bond acceptors (Lipinski definition) is 4.